The van der Waals surface area contributed by atoms with Crippen molar-refractivity contribution in [2.75, 3.05) is 19.8 Å². The van der Waals surface area contributed by atoms with Gasteiger partial charge in [0.2, 0.25) is 0 Å². The molecule has 0 spiro atoms. The Morgan fingerprint density at radius 3 is 2.07 bits per heavy atom. The molecule has 1 heterocycles. The zero-order chi connectivity index (χ0) is 20.6. The largest absolute Gasteiger partial charge is 0.492 e. The van der Waals surface area contributed by atoms with Crippen LogP contribution < -0.4 is 0 Å². The van der Waals surface area contributed by atoms with Crippen molar-refractivity contribution in [2.45, 2.75) is 77.9 Å². The SMILES string of the molecule is C=C/C(OCC1CCOCC1)=C(Cl)\C(=C/C)S[Si](C(C)C)(C(C)C)C(C)C. The first-order chi connectivity index (χ1) is 12.7. The summed E-state index contributed by atoms with van der Waals surface area (Å²) in [4.78, 5) is 1.14. The van der Waals surface area contributed by atoms with Crippen molar-refractivity contribution >= 4 is 30.0 Å². The van der Waals surface area contributed by atoms with Crippen molar-refractivity contribution in [3.05, 3.63) is 34.4 Å². The Hall–Kier alpha value is -0.163. The van der Waals surface area contributed by atoms with Gasteiger partial charge in [0.1, 0.15) is 13.0 Å². The van der Waals surface area contributed by atoms with Gasteiger partial charge in [-0.05, 0) is 48.4 Å². The van der Waals surface area contributed by atoms with Crippen molar-refractivity contribution in [1.29, 1.82) is 0 Å². The lowest BCUT2D eigenvalue weighted by molar-refractivity contribution is 0.0387. The van der Waals surface area contributed by atoms with E-state index < -0.39 is 7.22 Å². The molecular weight excluding hydrogens is 392 g/mol. The molecule has 0 radical (unpaired) electrons. The van der Waals surface area contributed by atoms with E-state index in [1.165, 1.54) is 0 Å². The first kappa shape index (κ1) is 24.9. The van der Waals surface area contributed by atoms with E-state index in [-0.39, 0.29) is 0 Å². The molecule has 1 aliphatic heterocycles. The minimum atomic E-state index is -1.66. The van der Waals surface area contributed by atoms with Crippen LogP contribution in [0.15, 0.2) is 34.4 Å². The second-order valence-corrected chi connectivity index (χ2v) is 17.2. The summed E-state index contributed by atoms with van der Waals surface area (Å²) in [6.45, 7) is 22.6. The second kappa shape index (κ2) is 11.7. The molecule has 0 atom stereocenters. The molecule has 0 aromatic heterocycles. The van der Waals surface area contributed by atoms with Gasteiger partial charge in [0.05, 0.1) is 11.6 Å². The molecule has 5 heteroatoms. The van der Waals surface area contributed by atoms with Gasteiger partial charge in [-0.3, -0.25) is 0 Å². The molecule has 0 saturated carbocycles. The lowest BCUT2D eigenvalue weighted by Gasteiger charge is -2.42. The molecule has 0 unspecified atom stereocenters. The fraction of sp³-hybridized carbons (Fsp3) is 0.727. The first-order valence-electron chi connectivity index (χ1n) is 10.3. The van der Waals surface area contributed by atoms with Crippen molar-refractivity contribution in [2.24, 2.45) is 5.92 Å². The van der Waals surface area contributed by atoms with Gasteiger partial charge in [0.15, 0.2) is 0 Å². The summed E-state index contributed by atoms with van der Waals surface area (Å²) in [7, 11) is -1.66. The van der Waals surface area contributed by atoms with Crippen LogP contribution >= 0.6 is 22.8 Å². The normalized spacial score (nSPS) is 18.3. The number of halogens is 1. The molecular formula is C22H39ClO2SSi. The van der Waals surface area contributed by atoms with Crippen LogP contribution in [0.3, 0.4) is 0 Å². The van der Waals surface area contributed by atoms with Crippen LogP contribution in [0.5, 0.6) is 0 Å². The standard InChI is InChI=1S/C22H39ClO2SSi/c1-9-20(25-15-19-11-13-24-14-12-19)22(23)21(10-2)26-27(16(3)4,17(5)6)18(7)8/h9-10,16-19H,1,11-15H2,2-8H3/b21-10+,22-20-. The highest BCUT2D eigenvalue weighted by Crippen LogP contribution is 2.53. The highest BCUT2D eigenvalue weighted by atomic mass is 35.5. The van der Waals surface area contributed by atoms with E-state index in [0.29, 0.717) is 39.9 Å². The van der Waals surface area contributed by atoms with Gasteiger partial charge in [-0.15, -0.1) is 11.2 Å². The summed E-state index contributed by atoms with van der Waals surface area (Å²) in [6, 6.07) is 0. The minimum Gasteiger partial charge on any atom is -0.492 e. The van der Waals surface area contributed by atoms with Gasteiger partial charge in [0.25, 0.3) is 0 Å². The summed E-state index contributed by atoms with van der Waals surface area (Å²) in [5, 5.41) is 0.711. The average molecular weight is 431 g/mol. The van der Waals surface area contributed by atoms with Gasteiger partial charge in [-0.2, -0.15) is 0 Å². The Morgan fingerprint density at radius 1 is 1.15 bits per heavy atom. The maximum Gasteiger partial charge on any atom is 0.138 e. The molecule has 0 aromatic rings. The molecule has 0 aliphatic carbocycles. The van der Waals surface area contributed by atoms with E-state index in [1.807, 2.05) is 11.2 Å². The molecule has 1 saturated heterocycles. The van der Waals surface area contributed by atoms with Crippen LogP contribution in [0.1, 0.15) is 61.3 Å². The van der Waals surface area contributed by atoms with Crippen molar-refractivity contribution in [3.63, 3.8) is 0 Å². The predicted molar refractivity (Wildman–Crippen MR) is 125 cm³/mol. The monoisotopic (exact) mass is 430 g/mol. The van der Waals surface area contributed by atoms with E-state index >= 15 is 0 Å². The third-order valence-corrected chi connectivity index (χ3v) is 18.6. The number of allylic oxidation sites excluding steroid dienone is 3. The van der Waals surface area contributed by atoms with E-state index in [0.717, 1.165) is 31.0 Å². The summed E-state index contributed by atoms with van der Waals surface area (Å²) in [5.41, 5.74) is 1.99. The predicted octanol–water partition coefficient (Wildman–Crippen LogP) is 7.88. The first-order valence-corrected chi connectivity index (χ1v) is 14.4. The average Bonchev–Trinajstić information content (AvgIpc) is 2.63. The quantitative estimate of drug-likeness (QED) is 0.199. The summed E-state index contributed by atoms with van der Waals surface area (Å²) < 4.78 is 11.5. The number of rotatable bonds is 10. The summed E-state index contributed by atoms with van der Waals surface area (Å²) in [5.74, 6) is 1.25. The van der Waals surface area contributed by atoms with Crippen LogP contribution in [0.2, 0.25) is 16.6 Å². The van der Waals surface area contributed by atoms with Gasteiger partial charge in [-0.1, -0.05) is 65.8 Å². The fourth-order valence-electron chi connectivity index (χ4n) is 4.23. The van der Waals surface area contributed by atoms with Crippen LogP contribution in [0, 0.1) is 5.92 Å². The highest BCUT2D eigenvalue weighted by molar-refractivity contribution is 8.32. The number of hydrogen-bond acceptors (Lipinski definition) is 3. The highest BCUT2D eigenvalue weighted by Gasteiger charge is 2.44. The third kappa shape index (κ3) is 6.42. The van der Waals surface area contributed by atoms with Crippen molar-refractivity contribution in [1.82, 2.24) is 0 Å². The maximum atomic E-state index is 6.84. The minimum absolute atomic E-state index is 0.537. The van der Waals surface area contributed by atoms with Crippen LogP contribution in [0.4, 0.5) is 0 Å². The molecule has 0 amide bonds. The van der Waals surface area contributed by atoms with E-state index in [2.05, 4.69) is 61.1 Å². The van der Waals surface area contributed by atoms with Gasteiger partial charge < -0.3 is 9.47 Å². The molecule has 0 N–H and O–H groups in total. The molecule has 27 heavy (non-hydrogen) atoms. The van der Waals surface area contributed by atoms with Crippen LogP contribution in [-0.4, -0.2) is 27.0 Å². The lowest BCUT2D eigenvalue weighted by Crippen LogP contribution is -2.41. The molecule has 1 aliphatic rings. The van der Waals surface area contributed by atoms with E-state index in [4.69, 9.17) is 21.1 Å². The van der Waals surface area contributed by atoms with E-state index in [9.17, 15) is 0 Å². The van der Waals surface area contributed by atoms with Crippen LogP contribution in [-0.2, 0) is 9.47 Å². The molecule has 1 fully saturated rings. The number of hydrogen-bond donors (Lipinski definition) is 0. The van der Waals surface area contributed by atoms with Crippen molar-refractivity contribution in [3.8, 4) is 0 Å². The Balaban J connectivity index is 3.04. The van der Waals surface area contributed by atoms with Gasteiger partial charge >= 0.3 is 0 Å². The molecule has 0 aromatic carbocycles. The Morgan fingerprint density at radius 2 is 1.67 bits per heavy atom. The summed E-state index contributed by atoms with van der Waals surface area (Å²) >= 11 is 8.88. The number of ether oxygens (including phenoxy) is 2. The topological polar surface area (TPSA) is 18.5 Å². The zero-order valence-corrected chi connectivity index (χ0v) is 20.9. The Bertz CT molecular complexity index is 513. The third-order valence-electron chi connectivity index (χ3n) is 5.69. The molecule has 1 rings (SSSR count). The molecule has 0 bridgehead atoms. The smallest absolute Gasteiger partial charge is 0.138 e. The zero-order valence-electron chi connectivity index (χ0n) is 18.3. The Labute approximate surface area is 177 Å². The summed E-state index contributed by atoms with van der Waals surface area (Å²) in [6.07, 6.45) is 6.01. The van der Waals surface area contributed by atoms with E-state index in [1.54, 1.807) is 6.08 Å². The Kier molecular flexibility index (Phi) is 10.8. The fourth-order valence-corrected chi connectivity index (χ4v) is 14.1. The van der Waals surface area contributed by atoms with Gasteiger partial charge in [-0.25, -0.2) is 0 Å². The molecule has 156 valence electrons. The van der Waals surface area contributed by atoms with Crippen LogP contribution in [0.25, 0.3) is 0 Å². The maximum absolute atomic E-state index is 6.84. The molecule has 2 nitrogen and oxygen atoms in total. The van der Waals surface area contributed by atoms with Gasteiger partial charge in [0, 0.05) is 18.1 Å². The second-order valence-electron chi connectivity index (χ2n) is 8.32. The van der Waals surface area contributed by atoms with Crippen molar-refractivity contribution < 1.29 is 9.47 Å². The lowest BCUT2D eigenvalue weighted by atomic mass is 10.0.